The number of nitrogens with one attached hydrogen (secondary N) is 1. The Morgan fingerprint density at radius 3 is 2.35 bits per heavy atom. The molecule has 0 aliphatic carbocycles. The normalized spacial score (nSPS) is 17.9. The lowest BCUT2D eigenvalue weighted by Gasteiger charge is -2.36. The molecule has 3 aromatic carbocycles. The van der Waals surface area contributed by atoms with E-state index in [0.29, 0.717) is 18.5 Å². The van der Waals surface area contributed by atoms with Crippen LogP contribution in [0.2, 0.25) is 0 Å². The lowest BCUT2D eigenvalue weighted by atomic mass is 9.87. The summed E-state index contributed by atoms with van der Waals surface area (Å²) in [5.41, 5.74) is 0.0663. The second-order valence-electron chi connectivity index (χ2n) is 8.93. The Kier molecular flexibility index (Phi) is 6.32. The lowest BCUT2D eigenvalue weighted by molar-refractivity contribution is -0.274. The van der Waals surface area contributed by atoms with Crippen LogP contribution in [-0.4, -0.2) is 49.4 Å². The molecule has 0 atom stereocenters. The molecule has 0 unspecified atom stereocenters. The summed E-state index contributed by atoms with van der Waals surface area (Å²) in [5, 5.41) is 8.85. The molecular formula is C25H22F3N3O5S. The molecule has 12 heteroatoms. The van der Waals surface area contributed by atoms with Crippen LogP contribution >= 0.6 is 0 Å². The first-order chi connectivity index (χ1) is 17.5. The van der Waals surface area contributed by atoms with Crippen LogP contribution in [0.3, 0.4) is 0 Å². The van der Waals surface area contributed by atoms with Crippen molar-refractivity contribution in [2.75, 3.05) is 18.4 Å². The summed E-state index contributed by atoms with van der Waals surface area (Å²) < 4.78 is 68.1. The van der Waals surface area contributed by atoms with Crippen molar-refractivity contribution in [3.63, 3.8) is 0 Å². The van der Waals surface area contributed by atoms with Crippen LogP contribution in [0.1, 0.15) is 19.3 Å². The number of carbonyl (C=O) groups excluding carboxylic acids is 1. The summed E-state index contributed by atoms with van der Waals surface area (Å²) in [6, 6.07) is 17.4. The quantitative estimate of drug-likeness (QED) is 0.514. The number of ether oxygens (including phenoxy) is 1. The Hall–Kier alpha value is -3.64. The van der Waals surface area contributed by atoms with Gasteiger partial charge in [-0.3, -0.25) is 4.79 Å². The zero-order valence-corrected chi connectivity index (χ0v) is 20.2. The summed E-state index contributed by atoms with van der Waals surface area (Å²) >= 11 is 0. The van der Waals surface area contributed by atoms with Crippen LogP contribution in [0.4, 0.5) is 18.9 Å². The summed E-state index contributed by atoms with van der Waals surface area (Å²) in [7, 11) is -3.93. The van der Waals surface area contributed by atoms with Gasteiger partial charge in [0.25, 0.3) is 5.91 Å². The van der Waals surface area contributed by atoms with Crippen molar-refractivity contribution in [2.45, 2.75) is 36.1 Å². The molecule has 1 fully saturated rings. The molecule has 0 bridgehead atoms. The third-order valence-corrected chi connectivity index (χ3v) is 8.35. The molecule has 0 saturated carbocycles. The molecule has 3 aromatic rings. The van der Waals surface area contributed by atoms with E-state index in [-0.39, 0.29) is 36.0 Å². The van der Waals surface area contributed by atoms with Crippen molar-refractivity contribution in [1.82, 2.24) is 4.31 Å². The van der Waals surface area contributed by atoms with Gasteiger partial charge < -0.3 is 14.9 Å². The number of nitrogens with zero attached hydrogens (tertiary/aromatic N) is 2. The Labute approximate surface area is 210 Å². The van der Waals surface area contributed by atoms with Crippen molar-refractivity contribution in [2.24, 2.45) is 5.16 Å². The van der Waals surface area contributed by atoms with E-state index >= 15 is 0 Å². The molecule has 1 N–H and O–H groups in total. The van der Waals surface area contributed by atoms with Crippen LogP contribution < -0.4 is 10.1 Å². The minimum absolute atomic E-state index is 0.109. The molecule has 194 valence electrons. The Morgan fingerprint density at radius 1 is 1.00 bits per heavy atom. The van der Waals surface area contributed by atoms with Gasteiger partial charge in [-0.2, -0.15) is 4.31 Å². The second kappa shape index (κ2) is 9.34. The number of anilines is 1. The highest BCUT2D eigenvalue weighted by Crippen LogP contribution is 2.37. The number of rotatable bonds is 5. The van der Waals surface area contributed by atoms with Gasteiger partial charge in [0.05, 0.1) is 4.90 Å². The molecule has 1 spiro atoms. The highest BCUT2D eigenvalue weighted by Gasteiger charge is 2.46. The van der Waals surface area contributed by atoms with Gasteiger partial charge in [-0.1, -0.05) is 35.5 Å². The smallest absolute Gasteiger partial charge is 0.406 e. The van der Waals surface area contributed by atoms with Crippen molar-refractivity contribution in [3.8, 4) is 5.75 Å². The second-order valence-corrected chi connectivity index (χ2v) is 10.9. The Bertz CT molecular complexity index is 1460. The SMILES string of the molecule is O=C(Nc1ccc2ccccc2c1)C1=NOC2(CCN(S(=O)(=O)c3ccc(OC(F)(F)F)cc3)CC2)C1. The number of halogens is 3. The standard InChI is InChI=1S/C25H22F3N3O5S/c26-25(27,28)35-20-7-9-21(10-8-20)37(33,34)31-13-11-24(12-14-31)16-22(30-36-24)23(32)29-19-6-5-17-3-1-2-4-18(17)15-19/h1-10,15H,11-14,16H2,(H,29,32). The minimum atomic E-state index is -4.86. The van der Waals surface area contributed by atoms with E-state index in [0.717, 1.165) is 35.0 Å². The molecule has 2 aliphatic heterocycles. The zero-order valence-electron chi connectivity index (χ0n) is 19.4. The van der Waals surface area contributed by atoms with Gasteiger partial charge in [-0.15, -0.1) is 13.2 Å². The molecule has 0 radical (unpaired) electrons. The van der Waals surface area contributed by atoms with E-state index in [1.54, 1.807) is 6.07 Å². The number of hydrogen-bond acceptors (Lipinski definition) is 6. The van der Waals surface area contributed by atoms with Gasteiger partial charge in [0, 0.05) is 38.0 Å². The monoisotopic (exact) mass is 533 g/mol. The van der Waals surface area contributed by atoms with Crippen LogP contribution in [-0.2, 0) is 19.7 Å². The predicted molar refractivity (Wildman–Crippen MR) is 130 cm³/mol. The molecule has 2 aliphatic rings. The molecule has 5 rings (SSSR count). The number of sulfonamides is 1. The van der Waals surface area contributed by atoms with Crippen molar-refractivity contribution < 1.29 is 36.0 Å². The number of oxime groups is 1. The number of piperidine rings is 1. The minimum Gasteiger partial charge on any atom is -0.406 e. The molecule has 1 amide bonds. The maximum absolute atomic E-state index is 13.0. The fourth-order valence-corrected chi connectivity index (χ4v) is 5.92. The van der Waals surface area contributed by atoms with Crippen LogP contribution in [0.25, 0.3) is 10.8 Å². The van der Waals surface area contributed by atoms with Crippen molar-refractivity contribution in [1.29, 1.82) is 0 Å². The third-order valence-electron chi connectivity index (χ3n) is 6.44. The molecule has 37 heavy (non-hydrogen) atoms. The first-order valence-electron chi connectivity index (χ1n) is 11.4. The number of benzene rings is 3. The van der Waals surface area contributed by atoms with Crippen LogP contribution in [0.5, 0.6) is 5.75 Å². The van der Waals surface area contributed by atoms with E-state index < -0.39 is 27.7 Å². The number of fused-ring (bicyclic) bond motifs is 1. The third kappa shape index (κ3) is 5.39. The largest absolute Gasteiger partial charge is 0.573 e. The zero-order chi connectivity index (χ0) is 26.3. The van der Waals surface area contributed by atoms with Crippen LogP contribution in [0, 0.1) is 0 Å². The van der Waals surface area contributed by atoms with Crippen molar-refractivity contribution in [3.05, 3.63) is 66.7 Å². The molecule has 2 heterocycles. The van der Waals surface area contributed by atoms with Gasteiger partial charge in [0.2, 0.25) is 10.0 Å². The molecular weight excluding hydrogens is 511 g/mol. The van der Waals surface area contributed by atoms with E-state index in [1.807, 2.05) is 36.4 Å². The fourth-order valence-electron chi connectivity index (χ4n) is 4.48. The van der Waals surface area contributed by atoms with Gasteiger partial charge >= 0.3 is 6.36 Å². The van der Waals surface area contributed by atoms with E-state index in [4.69, 9.17) is 4.84 Å². The molecule has 8 nitrogen and oxygen atoms in total. The molecule has 1 saturated heterocycles. The van der Waals surface area contributed by atoms with Gasteiger partial charge in [-0.25, -0.2) is 8.42 Å². The first-order valence-corrected chi connectivity index (χ1v) is 12.9. The maximum Gasteiger partial charge on any atom is 0.573 e. The summed E-state index contributed by atoms with van der Waals surface area (Å²) in [6.07, 6.45) is -4.02. The molecule has 0 aromatic heterocycles. The summed E-state index contributed by atoms with van der Waals surface area (Å²) in [4.78, 5) is 18.3. The highest BCUT2D eigenvalue weighted by molar-refractivity contribution is 7.89. The highest BCUT2D eigenvalue weighted by atomic mass is 32.2. The van der Waals surface area contributed by atoms with Gasteiger partial charge in [-0.05, 0) is 47.2 Å². The fraction of sp³-hybridized carbons (Fsp3) is 0.280. The first kappa shape index (κ1) is 25.0. The van der Waals surface area contributed by atoms with E-state index in [2.05, 4.69) is 15.2 Å². The number of amides is 1. The number of carbonyl (C=O) groups is 1. The predicted octanol–water partition coefficient (Wildman–Crippen LogP) is 4.68. The van der Waals surface area contributed by atoms with Crippen molar-refractivity contribution >= 4 is 38.1 Å². The van der Waals surface area contributed by atoms with E-state index in [1.165, 1.54) is 4.31 Å². The maximum atomic E-state index is 13.0. The van der Waals surface area contributed by atoms with E-state index in [9.17, 15) is 26.4 Å². The van der Waals surface area contributed by atoms with Gasteiger partial charge in [0.15, 0.2) is 0 Å². The summed E-state index contributed by atoms with van der Waals surface area (Å²) in [5.74, 6) is -0.890. The number of hydrogen-bond donors (Lipinski definition) is 1. The average molecular weight is 534 g/mol. The average Bonchev–Trinajstić information content (AvgIpc) is 3.27. The lowest BCUT2D eigenvalue weighted by Crippen LogP contribution is -2.47. The Balaban J connectivity index is 1.18. The van der Waals surface area contributed by atoms with Crippen LogP contribution in [0.15, 0.2) is 76.8 Å². The number of alkyl halides is 3. The van der Waals surface area contributed by atoms with Gasteiger partial charge in [0.1, 0.15) is 17.1 Å². The summed E-state index contributed by atoms with van der Waals surface area (Å²) in [6.45, 7) is 0.219. The topological polar surface area (TPSA) is 97.3 Å². The Morgan fingerprint density at radius 2 is 1.68 bits per heavy atom.